The number of thiophene rings is 1. The van der Waals surface area contributed by atoms with Crippen molar-refractivity contribution in [2.75, 3.05) is 6.54 Å². The van der Waals surface area contributed by atoms with E-state index in [1.807, 2.05) is 42.7 Å². The summed E-state index contributed by atoms with van der Waals surface area (Å²) in [4.78, 5) is 48.2. The zero-order chi connectivity index (χ0) is 34.3. The minimum Gasteiger partial charge on any atom is -0.480 e. The Labute approximate surface area is 289 Å². The molecule has 1 atom stereocenters. The Balaban J connectivity index is 1.17. The molecule has 2 heterocycles. The first kappa shape index (κ1) is 35.7. The van der Waals surface area contributed by atoms with Gasteiger partial charge in [0.1, 0.15) is 12.6 Å². The first-order valence-electron chi connectivity index (χ1n) is 17.8. The van der Waals surface area contributed by atoms with Crippen LogP contribution in [0.5, 0.6) is 0 Å². The van der Waals surface area contributed by atoms with Gasteiger partial charge in [0.05, 0.1) is 4.88 Å². The average molecular weight is 673 g/mol. The Bertz CT molecular complexity index is 1510. The summed E-state index contributed by atoms with van der Waals surface area (Å²) >= 11 is 1.39. The zero-order valence-corrected chi connectivity index (χ0v) is 29.8. The molecule has 0 saturated heterocycles. The Morgan fingerprint density at radius 3 is 2.08 bits per heavy atom. The first-order chi connectivity index (χ1) is 23.0. The van der Waals surface area contributed by atoms with Crippen molar-refractivity contribution in [3.05, 3.63) is 69.7 Å². The van der Waals surface area contributed by atoms with E-state index in [4.69, 9.17) is 15.1 Å². The summed E-state index contributed by atoms with van der Waals surface area (Å²) in [5, 5.41) is 14.3. The van der Waals surface area contributed by atoms with Crippen LogP contribution in [0.1, 0.15) is 123 Å². The molecule has 2 aliphatic carbocycles. The fourth-order valence-corrected chi connectivity index (χ4v) is 8.56. The molecule has 3 N–H and O–H groups in total. The van der Waals surface area contributed by atoms with E-state index in [2.05, 4.69) is 38.3 Å². The minimum atomic E-state index is -1.15. The van der Waals surface area contributed by atoms with Crippen molar-refractivity contribution in [2.45, 2.75) is 116 Å². The Kier molecular flexibility index (Phi) is 12.1. The highest BCUT2D eigenvalue weighted by Crippen LogP contribution is 2.44. The lowest BCUT2D eigenvalue weighted by atomic mass is 9.68. The number of nitrogens with zero attached hydrogens (tertiary/aromatic N) is 2. The number of rotatable bonds is 12. The summed E-state index contributed by atoms with van der Waals surface area (Å²) in [5.41, 5.74) is 2.83. The van der Waals surface area contributed by atoms with Crippen LogP contribution in [-0.4, -0.2) is 45.4 Å². The normalized spacial score (nSPS) is 22.1. The molecule has 0 radical (unpaired) electrons. The van der Waals surface area contributed by atoms with Crippen molar-refractivity contribution < 1.29 is 19.5 Å². The van der Waals surface area contributed by atoms with Gasteiger partial charge < -0.3 is 15.7 Å². The molecule has 2 saturated carbocycles. The van der Waals surface area contributed by atoms with Crippen molar-refractivity contribution in [3.63, 3.8) is 0 Å². The predicted molar refractivity (Wildman–Crippen MR) is 191 cm³/mol. The molecule has 1 aromatic carbocycles. The van der Waals surface area contributed by atoms with Crippen LogP contribution in [-0.2, 0) is 21.4 Å². The Hall–Kier alpha value is -3.59. The summed E-state index contributed by atoms with van der Waals surface area (Å²) in [6.45, 7) is 8.03. The molecule has 3 aromatic rings. The summed E-state index contributed by atoms with van der Waals surface area (Å²) in [6.07, 6.45) is 17.7. The lowest BCUT2D eigenvalue weighted by molar-refractivity contribution is -0.138. The monoisotopic (exact) mass is 672 g/mol. The van der Waals surface area contributed by atoms with Crippen LogP contribution in [0.4, 0.5) is 0 Å². The SMILES string of the molecule is CCCC1CCC(C2CCC(c3cnc(-c4ccc(CC(NC(=O)c5ccc(C(C)(C)C)s5)C(=O)NCC(=O)O)cc4)nc3)CC2)CC1. The molecule has 8 nitrogen and oxygen atoms in total. The maximum atomic E-state index is 13.1. The molecule has 2 amide bonds. The number of carbonyl (C=O) groups excluding carboxylic acids is 2. The summed E-state index contributed by atoms with van der Waals surface area (Å²) in [6, 6.07) is 10.4. The highest BCUT2D eigenvalue weighted by Gasteiger charge is 2.31. The van der Waals surface area contributed by atoms with E-state index in [0.717, 1.165) is 33.8 Å². The van der Waals surface area contributed by atoms with E-state index < -0.39 is 24.5 Å². The summed E-state index contributed by atoms with van der Waals surface area (Å²) < 4.78 is 0. The lowest BCUT2D eigenvalue weighted by Gasteiger charge is -2.38. The van der Waals surface area contributed by atoms with Crippen LogP contribution < -0.4 is 10.6 Å². The largest absolute Gasteiger partial charge is 0.480 e. The van der Waals surface area contributed by atoms with Gasteiger partial charge in [-0.1, -0.05) is 77.6 Å². The fourth-order valence-electron chi connectivity index (χ4n) is 7.59. The van der Waals surface area contributed by atoms with E-state index >= 15 is 0 Å². The third-order valence-electron chi connectivity index (χ3n) is 10.4. The third kappa shape index (κ3) is 9.52. The molecule has 48 heavy (non-hydrogen) atoms. The minimum absolute atomic E-state index is 0.0978. The lowest BCUT2D eigenvalue weighted by Crippen LogP contribution is -2.49. The topological polar surface area (TPSA) is 121 Å². The highest BCUT2D eigenvalue weighted by molar-refractivity contribution is 7.14. The number of aliphatic carboxylic acids is 1. The molecule has 0 bridgehead atoms. The maximum Gasteiger partial charge on any atom is 0.322 e. The number of hydrogen-bond acceptors (Lipinski definition) is 6. The maximum absolute atomic E-state index is 13.1. The standard InChI is InChI=1S/C39H52N4O4S/c1-5-6-25-7-11-27(12-8-25)28-15-17-29(18-16-28)31-22-40-36(41-23-31)30-13-9-26(10-14-30)21-32(37(46)42-24-35(44)45)43-38(47)33-19-20-34(48-33)39(2,3)4/h9-10,13-14,19-20,22-23,25,27-29,32H,5-8,11-12,15-18,21,24H2,1-4H3,(H,42,46)(H,43,47)(H,44,45). The van der Waals surface area contributed by atoms with E-state index in [9.17, 15) is 14.4 Å². The molecular weight excluding hydrogens is 621 g/mol. The molecule has 1 unspecified atom stereocenters. The average Bonchev–Trinajstić information content (AvgIpc) is 3.60. The van der Waals surface area contributed by atoms with Crippen LogP contribution in [0, 0.1) is 17.8 Å². The van der Waals surface area contributed by atoms with E-state index in [1.54, 1.807) is 6.07 Å². The molecule has 9 heteroatoms. The molecule has 2 aromatic heterocycles. The molecular formula is C39H52N4O4S. The van der Waals surface area contributed by atoms with Gasteiger partial charge in [0.15, 0.2) is 5.82 Å². The number of carboxylic acid groups (broad SMARTS) is 1. The zero-order valence-electron chi connectivity index (χ0n) is 29.0. The van der Waals surface area contributed by atoms with Crippen molar-refractivity contribution in [1.29, 1.82) is 0 Å². The third-order valence-corrected chi connectivity index (χ3v) is 11.9. The van der Waals surface area contributed by atoms with Crippen LogP contribution in [0.15, 0.2) is 48.8 Å². The number of carbonyl (C=O) groups is 3. The second kappa shape index (κ2) is 16.2. The van der Waals surface area contributed by atoms with E-state index in [0.29, 0.717) is 16.6 Å². The Morgan fingerprint density at radius 1 is 0.896 bits per heavy atom. The quantitative estimate of drug-likeness (QED) is 0.180. The summed E-state index contributed by atoms with van der Waals surface area (Å²) in [5.74, 6) is 1.90. The number of nitrogens with one attached hydrogen (secondary N) is 2. The molecule has 2 fully saturated rings. The van der Waals surface area contributed by atoms with Crippen molar-refractivity contribution >= 4 is 29.1 Å². The van der Waals surface area contributed by atoms with Gasteiger partial charge in [0.25, 0.3) is 5.91 Å². The second-order valence-electron chi connectivity index (χ2n) is 15.0. The van der Waals surface area contributed by atoms with Crippen LogP contribution in [0.2, 0.25) is 0 Å². The van der Waals surface area contributed by atoms with Gasteiger partial charge in [-0.25, -0.2) is 9.97 Å². The van der Waals surface area contributed by atoms with Gasteiger partial charge in [0, 0.05) is 29.3 Å². The second-order valence-corrected chi connectivity index (χ2v) is 16.1. The fraction of sp³-hybridized carbons (Fsp3) is 0.564. The van der Waals surface area contributed by atoms with E-state index in [1.165, 1.54) is 81.1 Å². The smallest absolute Gasteiger partial charge is 0.322 e. The number of aromatic nitrogens is 2. The predicted octanol–water partition coefficient (Wildman–Crippen LogP) is 7.92. The van der Waals surface area contributed by atoms with Crippen molar-refractivity contribution in [2.24, 2.45) is 17.8 Å². The highest BCUT2D eigenvalue weighted by atomic mass is 32.1. The van der Waals surface area contributed by atoms with Gasteiger partial charge >= 0.3 is 5.97 Å². The van der Waals surface area contributed by atoms with Gasteiger partial charge in [-0.15, -0.1) is 11.3 Å². The first-order valence-corrected chi connectivity index (χ1v) is 18.6. The molecule has 5 rings (SSSR count). The van der Waals surface area contributed by atoms with Crippen molar-refractivity contribution in [3.8, 4) is 11.4 Å². The number of amides is 2. The number of benzene rings is 1. The van der Waals surface area contributed by atoms with Crippen molar-refractivity contribution in [1.82, 2.24) is 20.6 Å². The van der Waals surface area contributed by atoms with E-state index in [-0.39, 0.29) is 17.7 Å². The van der Waals surface area contributed by atoms with Crippen LogP contribution in [0.3, 0.4) is 0 Å². The number of hydrogen-bond donors (Lipinski definition) is 3. The van der Waals surface area contributed by atoms with Gasteiger partial charge in [-0.05, 0) is 90.9 Å². The van der Waals surface area contributed by atoms with Gasteiger partial charge in [0.2, 0.25) is 5.91 Å². The molecule has 2 aliphatic rings. The summed E-state index contributed by atoms with van der Waals surface area (Å²) in [7, 11) is 0. The Morgan fingerprint density at radius 2 is 1.52 bits per heavy atom. The number of carboxylic acids is 1. The molecule has 258 valence electrons. The van der Waals surface area contributed by atoms with Gasteiger partial charge in [-0.3, -0.25) is 14.4 Å². The van der Waals surface area contributed by atoms with Gasteiger partial charge in [-0.2, -0.15) is 0 Å². The molecule has 0 aliphatic heterocycles. The van der Waals surface area contributed by atoms with Crippen LogP contribution in [0.25, 0.3) is 11.4 Å². The molecule has 0 spiro atoms. The van der Waals surface area contributed by atoms with Crippen LogP contribution >= 0.6 is 11.3 Å².